The highest BCUT2D eigenvalue weighted by Crippen LogP contribution is 2.16. The van der Waals surface area contributed by atoms with Crippen molar-refractivity contribution in [3.63, 3.8) is 0 Å². The summed E-state index contributed by atoms with van der Waals surface area (Å²) >= 11 is 0. The van der Waals surface area contributed by atoms with Crippen LogP contribution < -0.4 is 0 Å². The Morgan fingerprint density at radius 1 is 1.00 bits per heavy atom. The van der Waals surface area contributed by atoms with Gasteiger partial charge in [0.25, 0.3) is 0 Å². The number of furan rings is 1. The smallest absolute Gasteiger partial charge is 0.159 e. The molecule has 1 aliphatic rings. The van der Waals surface area contributed by atoms with Crippen molar-refractivity contribution in [1.82, 2.24) is 19.7 Å². The lowest BCUT2D eigenvalue weighted by atomic mass is 10.2. The number of fused-ring (bicyclic) bond motifs is 1. The van der Waals surface area contributed by atoms with Crippen LogP contribution in [0.1, 0.15) is 23.0 Å². The van der Waals surface area contributed by atoms with Gasteiger partial charge in [0.1, 0.15) is 18.2 Å². The Morgan fingerprint density at radius 3 is 2.75 bits per heavy atom. The number of benzene rings is 1. The largest absolute Gasteiger partial charge is 0.468 e. The Morgan fingerprint density at radius 2 is 1.92 bits per heavy atom. The minimum absolute atomic E-state index is 0.546. The summed E-state index contributed by atoms with van der Waals surface area (Å²) in [6.45, 7) is 4.37. The van der Waals surface area contributed by atoms with E-state index in [4.69, 9.17) is 9.15 Å². The standard InChI is InChI=1S/C18H20N4O2/c1-2-5-15(6-3-1)11-21(12-16-7-4-9-24-16)13-17-19-20-18-14-23-10-8-22(17)18/h1-7,9H,8,10-14H2. The van der Waals surface area contributed by atoms with E-state index in [9.17, 15) is 0 Å². The third-order valence-electron chi connectivity index (χ3n) is 4.17. The second-order valence-electron chi connectivity index (χ2n) is 5.95. The molecule has 6 heteroatoms. The van der Waals surface area contributed by atoms with E-state index in [0.717, 1.165) is 50.2 Å². The van der Waals surface area contributed by atoms with E-state index in [1.165, 1.54) is 5.56 Å². The molecule has 2 aromatic heterocycles. The lowest BCUT2D eigenvalue weighted by molar-refractivity contribution is 0.0792. The molecular formula is C18H20N4O2. The predicted molar refractivity (Wildman–Crippen MR) is 87.8 cm³/mol. The van der Waals surface area contributed by atoms with Crippen LogP contribution in [0.4, 0.5) is 0 Å². The van der Waals surface area contributed by atoms with Crippen LogP contribution in [0, 0.1) is 0 Å². The number of hydrogen-bond acceptors (Lipinski definition) is 5. The molecule has 0 saturated carbocycles. The van der Waals surface area contributed by atoms with E-state index >= 15 is 0 Å². The summed E-state index contributed by atoms with van der Waals surface area (Å²) in [7, 11) is 0. The van der Waals surface area contributed by atoms with E-state index in [1.54, 1.807) is 6.26 Å². The van der Waals surface area contributed by atoms with Gasteiger partial charge in [0.2, 0.25) is 0 Å². The SMILES string of the molecule is c1ccc(CN(Cc2ccco2)Cc2nnc3n2CCOC3)cc1. The van der Waals surface area contributed by atoms with Gasteiger partial charge in [0.05, 0.1) is 26.0 Å². The lowest BCUT2D eigenvalue weighted by Gasteiger charge is -2.22. The Balaban J connectivity index is 1.54. The quantitative estimate of drug-likeness (QED) is 0.697. The first-order valence-corrected chi connectivity index (χ1v) is 8.16. The average Bonchev–Trinajstić information content (AvgIpc) is 3.26. The maximum absolute atomic E-state index is 5.53. The van der Waals surface area contributed by atoms with Gasteiger partial charge in [-0.25, -0.2) is 0 Å². The molecule has 124 valence electrons. The highest BCUT2D eigenvalue weighted by Gasteiger charge is 2.19. The summed E-state index contributed by atoms with van der Waals surface area (Å²) in [4.78, 5) is 2.32. The van der Waals surface area contributed by atoms with Crippen LogP contribution in [0.5, 0.6) is 0 Å². The molecule has 24 heavy (non-hydrogen) atoms. The van der Waals surface area contributed by atoms with Gasteiger partial charge >= 0.3 is 0 Å². The number of ether oxygens (including phenoxy) is 1. The zero-order valence-corrected chi connectivity index (χ0v) is 13.5. The zero-order valence-electron chi connectivity index (χ0n) is 13.5. The summed E-state index contributed by atoms with van der Waals surface area (Å²) < 4.78 is 13.1. The average molecular weight is 324 g/mol. The molecule has 0 amide bonds. The zero-order chi connectivity index (χ0) is 16.2. The van der Waals surface area contributed by atoms with Gasteiger partial charge in [-0.3, -0.25) is 4.90 Å². The fourth-order valence-electron chi connectivity index (χ4n) is 3.01. The number of hydrogen-bond donors (Lipinski definition) is 0. The van der Waals surface area contributed by atoms with Gasteiger partial charge < -0.3 is 13.7 Å². The minimum atomic E-state index is 0.546. The van der Waals surface area contributed by atoms with Gasteiger partial charge in [-0.1, -0.05) is 30.3 Å². The number of rotatable bonds is 6. The van der Waals surface area contributed by atoms with Crippen LogP contribution in [0.2, 0.25) is 0 Å². The second-order valence-corrected chi connectivity index (χ2v) is 5.95. The Hall–Kier alpha value is -2.44. The molecule has 3 heterocycles. The Kier molecular flexibility index (Phi) is 4.40. The van der Waals surface area contributed by atoms with Crippen LogP contribution in [0.3, 0.4) is 0 Å². The highest BCUT2D eigenvalue weighted by molar-refractivity contribution is 5.15. The normalized spacial score (nSPS) is 14.0. The lowest BCUT2D eigenvalue weighted by Crippen LogP contribution is -2.26. The molecular weight excluding hydrogens is 304 g/mol. The van der Waals surface area contributed by atoms with Crippen molar-refractivity contribution >= 4 is 0 Å². The molecule has 3 aromatic rings. The van der Waals surface area contributed by atoms with Crippen molar-refractivity contribution in [2.45, 2.75) is 32.8 Å². The van der Waals surface area contributed by atoms with E-state index in [2.05, 4.69) is 43.9 Å². The van der Waals surface area contributed by atoms with Crippen molar-refractivity contribution in [2.24, 2.45) is 0 Å². The fourth-order valence-corrected chi connectivity index (χ4v) is 3.01. The van der Waals surface area contributed by atoms with E-state index in [1.807, 2.05) is 18.2 Å². The van der Waals surface area contributed by atoms with Gasteiger partial charge in [-0.2, -0.15) is 0 Å². The van der Waals surface area contributed by atoms with Gasteiger partial charge in [0.15, 0.2) is 5.82 Å². The molecule has 0 atom stereocenters. The fraction of sp³-hybridized carbons (Fsp3) is 0.333. The predicted octanol–water partition coefficient (Wildman–Crippen LogP) is 2.60. The molecule has 0 fully saturated rings. The third kappa shape index (κ3) is 3.39. The highest BCUT2D eigenvalue weighted by atomic mass is 16.5. The molecule has 0 radical (unpaired) electrons. The van der Waals surface area contributed by atoms with E-state index in [-0.39, 0.29) is 0 Å². The first kappa shape index (κ1) is 15.1. The Bertz CT molecular complexity index is 768. The molecule has 0 bridgehead atoms. The number of nitrogens with zero attached hydrogens (tertiary/aromatic N) is 4. The second kappa shape index (κ2) is 6.98. The van der Waals surface area contributed by atoms with Crippen molar-refractivity contribution in [3.05, 3.63) is 71.7 Å². The van der Waals surface area contributed by atoms with E-state index < -0.39 is 0 Å². The summed E-state index contributed by atoms with van der Waals surface area (Å²) in [5.41, 5.74) is 1.27. The molecule has 0 aliphatic carbocycles. The molecule has 4 rings (SSSR count). The molecule has 1 aliphatic heterocycles. The maximum atomic E-state index is 5.53. The van der Waals surface area contributed by atoms with Crippen LogP contribution in [0.25, 0.3) is 0 Å². The van der Waals surface area contributed by atoms with Crippen LogP contribution in [0.15, 0.2) is 53.1 Å². The Labute approximate surface area is 140 Å². The molecule has 0 N–H and O–H groups in total. The van der Waals surface area contributed by atoms with Crippen LogP contribution >= 0.6 is 0 Å². The summed E-state index contributed by atoms with van der Waals surface area (Å²) in [5, 5.41) is 8.62. The summed E-state index contributed by atoms with van der Waals surface area (Å²) in [6.07, 6.45) is 1.71. The first-order valence-electron chi connectivity index (χ1n) is 8.16. The van der Waals surface area contributed by atoms with Gasteiger partial charge in [-0.05, 0) is 17.7 Å². The summed E-state index contributed by atoms with van der Waals surface area (Å²) in [5.74, 6) is 2.84. The molecule has 0 saturated heterocycles. The topological polar surface area (TPSA) is 56.3 Å². The molecule has 0 spiro atoms. The van der Waals surface area contributed by atoms with E-state index in [0.29, 0.717) is 6.61 Å². The first-order chi connectivity index (χ1) is 11.9. The minimum Gasteiger partial charge on any atom is -0.468 e. The van der Waals surface area contributed by atoms with Crippen LogP contribution in [-0.4, -0.2) is 26.3 Å². The van der Waals surface area contributed by atoms with Crippen molar-refractivity contribution < 1.29 is 9.15 Å². The van der Waals surface area contributed by atoms with Gasteiger partial charge in [-0.15, -0.1) is 10.2 Å². The molecule has 0 unspecified atom stereocenters. The van der Waals surface area contributed by atoms with Crippen molar-refractivity contribution in [3.8, 4) is 0 Å². The van der Waals surface area contributed by atoms with Crippen molar-refractivity contribution in [2.75, 3.05) is 6.61 Å². The monoisotopic (exact) mass is 324 g/mol. The number of aromatic nitrogens is 3. The van der Waals surface area contributed by atoms with Crippen molar-refractivity contribution in [1.29, 1.82) is 0 Å². The van der Waals surface area contributed by atoms with Gasteiger partial charge in [0, 0.05) is 13.1 Å². The summed E-state index contributed by atoms with van der Waals surface area (Å²) in [6, 6.07) is 14.4. The maximum Gasteiger partial charge on any atom is 0.159 e. The van der Waals surface area contributed by atoms with Crippen LogP contribution in [-0.2, 0) is 37.5 Å². The molecule has 1 aromatic carbocycles. The molecule has 6 nitrogen and oxygen atoms in total. The third-order valence-corrected chi connectivity index (χ3v) is 4.17.